The second-order valence-corrected chi connectivity index (χ2v) is 3.69. The van der Waals surface area contributed by atoms with Crippen LogP contribution in [0, 0.1) is 0 Å². The molecule has 0 amide bonds. The van der Waals surface area contributed by atoms with Crippen LogP contribution in [0.2, 0.25) is 0 Å². The first-order chi connectivity index (χ1) is 6.97. The molecule has 1 rings (SSSR count). The van der Waals surface area contributed by atoms with Crippen LogP contribution in [0.5, 0.6) is 0 Å². The van der Waals surface area contributed by atoms with Crippen molar-refractivity contribution in [3.63, 3.8) is 0 Å². The Morgan fingerprint density at radius 2 is 2.07 bits per heavy atom. The lowest BCUT2D eigenvalue weighted by atomic mass is 9.98. The molecule has 1 aliphatic heterocycles. The van der Waals surface area contributed by atoms with Crippen LogP contribution < -0.4 is 0 Å². The van der Waals surface area contributed by atoms with E-state index >= 15 is 0 Å². The summed E-state index contributed by atoms with van der Waals surface area (Å²) >= 11 is 0. The number of hydrogen-bond acceptors (Lipinski definition) is 4. The van der Waals surface area contributed by atoms with E-state index in [2.05, 4.69) is 0 Å². The van der Waals surface area contributed by atoms with Crippen LogP contribution in [-0.2, 0) is 14.3 Å². The monoisotopic (exact) mass is 214 g/mol. The fourth-order valence-corrected chi connectivity index (χ4v) is 1.73. The van der Waals surface area contributed by atoms with Crippen molar-refractivity contribution in [2.75, 3.05) is 6.61 Å². The normalized spacial score (nSPS) is 28.2. The Morgan fingerprint density at radius 1 is 1.47 bits per heavy atom. The second kappa shape index (κ2) is 4.33. The van der Waals surface area contributed by atoms with Gasteiger partial charge in [0.25, 0.3) is 5.79 Å². The standard InChI is InChI=1S/C11H18O4/c1-5-9(14-6-2)11(13)8(4)7(3)10(12)15-11/h9,13H,5-6H2,1-4H3. The zero-order valence-electron chi connectivity index (χ0n) is 9.66. The average Bonchev–Trinajstić information content (AvgIpc) is 2.40. The molecule has 86 valence electrons. The number of rotatable bonds is 4. The highest BCUT2D eigenvalue weighted by Crippen LogP contribution is 2.35. The maximum Gasteiger partial charge on any atom is 0.336 e. The number of carbonyl (C=O) groups excluding carboxylic acids is 1. The minimum Gasteiger partial charge on any atom is -0.423 e. The fraction of sp³-hybridized carbons (Fsp3) is 0.727. The first kappa shape index (κ1) is 12.2. The molecule has 2 unspecified atom stereocenters. The molecule has 0 aromatic carbocycles. The van der Waals surface area contributed by atoms with E-state index in [0.717, 1.165) is 0 Å². The van der Waals surface area contributed by atoms with Crippen LogP contribution in [0.1, 0.15) is 34.1 Å². The highest BCUT2D eigenvalue weighted by molar-refractivity contribution is 5.92. The lowest BCUT2D eigenvalue weighted by molar-refractivity contribution is -0.226. The maximum atomic E-state index is 11.3. The zero-order chi connectivity index (χ0) is 11.6. The van der Waals surface area contributed by atoms with Crippen molar-refractivity contribution in [2.24, 2.45) is 0 Å². The Labute approximate surface area is 89.9 Å². The highest BCUT2D eigenvalue weighted by atomic mass is 16.7. The predicted octanol–water partition coefficient (Wildman–Crippen LogP) is 1.38. The van der Waals surface area contributed by atoms with E-state index in [1.165, 1.54) is 0 Å². The summed E-state index contributed by atoms with van der Waals surface area (Å²) in [4.78, 5) is 11.3. The van der Waals surface area contributed by atoms with Gasteiger partial charge in [0.15, 0.2) is 0 Å². The van der Waals surface area contributed by atoms with Crippen molar-refractivity contribution in [1.29, 1.82) is 0 Å². The van der Waals surface area contributed by atoms with E-state index in [1.807, 2.05) is 13.8 Å². The van der Waals surface area contributed by atoms with Gasteiger partial charge in [-0.1, -0.05) is 6.92 Å². The number of esters is 1. The topological polar surface area (TPSA) is 55.8 Å². The van der Waals surface area contributed by atoms with Crippen molar-refractivity contribution >= 4 is 5.97 Å². The molecule has 0 aromatic heterocycles. The Balaban J connectivity index is 2.97. The third kappa shape index (κ3) is 1.92. The van der Waals surface area contributed by atoms with E-state index in [0.29, 0.717) is 24.2 Å². The van der Waals surface area contributed by atoms with Crippen molar-refractivity contribution in [1.82, 2.24) is 0 Å². The molecule has 0 aliphatic carbocycles. The van der Waals surface area contributed by atoms with Gasteiger partial charge in [-0.3, -0.25) is 0 Å². The molecule has 0 fully saturated rings. The van der Waals surface area contributed by atoms with Crippen LogP contribution in [-0.4, -0.2) is 29.6 Å². The molecule has 0 saturated heterocycles. The molecule has 0 spiro atoms. The Bertz CT molecular complexity index is 295. The highest BCUT2D eigenvalue weighted by Gasteiger charge is 2.48. The van der Waals surface area contributed by atoms with Gasteiger partial charge in [-0.2, -0.15) is 0 Å². The van der Waals surface area contributed by atoms with Crippen LogP contribution in [0.15, 0.2) is 11.1 Å². The van der Waals surface area contributed by atoms with Crippen LogP contribution >= 0.6 is 0 Å². The van der Waals surface area contributed by atoms with Crippen molar-refractivity contribution in [3.05, 3.63) is 11.1 Å². The van der Waals surface area contributed by atoms with E-state index in [9.17, 15) is 9.90 Å². The molecule has 0 aromatic rings. The Kier molecular flexibility index (Phi) is 3.52. The summed E-state index contributed by atoms with van der Waals surface area (Å²) in [5, 5.41) is 10.3. The van der Waals surface area contributed by atoms with Gasteiger partial charge in [-0.05, 0) is 27.2 Å². The van der Waals surface area contributed by atoms with Gasteiger partial charge in [0.1, 0.15) is 6.10 Å². The van der Waals surface area contributed by atoms with Crippen molar-refractivity contribution in [3.8, 4) is 0 Å². The summed E-state index contributed by atoms with van der Waals surface area (Å²) in [6.07, 6.45) is 0.0892. The summed E-state index contributed by atoms with van der Waals surface area (Å²) in [5.41, 5.74) is 1.02. The van der Waals surface area contributed by atoms with Crippen molar-refractivity contribution < 1.29 is 19.4 Å². The van der Waals surface area contributed by atoms with Crippen LogP contribution in [0.3, 0.4) is 0 Å². The van der Waals surface area contributed by atoms with E-state index in [-0.39, 0.29) is 0 Å². The molecule has 0 bridgehead atoms. The van der Waals surface area contributed by atoms with Crippen molar-refractivity contribution in [2.45, 2.75) is 46.0 Å². The molecule has 4 nitrogen and oxygen atoms in total. The smallest absolute Gasteiger partial charge is 0.336 e. The number of ether oxygens (including phenoxy) is 2. The van der Waals surface area contributed by atoms with E-state index < -0.39 is 17.9 Å². The predicted molar refractivity (Wildman–Crippen MR) is 55.1 cm³/mol. The Morgan fingerprint density at radius 3 is 2.40 bits per heavy atom. The number of carbonyl (C=O) groups is 1. The van der Waals surface area contributed by atoms with Gasteiger partial charge in [0, 0.05) is 17.8 Å². The number of cyclic esters (lactones) is 1. The summed E-state index contributed by atoms with van der Waals surface area (Å²) in [7, 11) is 0. The first-order valence-corrected chi connectivity index (χ1v) is 5.22. The molecule has 1 aliphatic rings. The molecule has 15 heavy (non-hydrogen) atoms. The van der Waals surface area contributed by atoms with Gasteiger partial charge >= 0.3 is 5.97 Å². The van der Waals surface area contributed by atoms with Crippen LogP contribution in [0.25, 0.3) is 0 Å². The van der Waals surface area contributed by atoms with E-state index in [4.69, 9.17) is 9.47 Å². The van der Waals surface area contributed by atoms with Gasteiger partial charge in [-0.25, -0.2) is 4.79 Å². The first-order valence-electron chi connectivity index (χ1n) is 5.22. The number of hydrogen-bond donors (Lipinski definition) is 1. The second-order valence-electron chi connectivity index (χ2n) is 3.69. The summed E-state index contributed by atoms with van der Waals surface area (Å²) in [6.45, 7) is 7.54. The average molecular weight is 214 g/mol. The molecule has 1 N–H and O–H groups in total. The molecular formula is C11H18O4. The maximum absolute atomic E-state index is 11.3. The quantitative estimate of drug-likeness (QED) is 0.718. The lowest BCUT2D eigenvalue weighted by Gasteiger charge is -2.31. The summed E-state index contributed by atoms with van der Waals surface area (Å²) in [5.74, 6) is -2.04. The number of aliphatic hydroxyl groups is 1. The summed E-state index contributed by atoms with van der Waals surface area (Å²) in [6, 6.07) is 0. The summed E-state index contributed by atoms with van der Waals surface area (Å²) < 4.78 is 10.4. The fourth-order valence-electron chi connectivity index (χ4n) is 1.73. The van der Waals surface area contributed by atoms with Gasteiger partial charge in [0.2, 0.25) is 0 Å². The lowest BCUT2D eigenvalue weighted by Crippen LogP contribution is -2.45. The molecule has 0 radical (unpaired) electrons. The third-order valence-corrected chi connectivity index (χ3v) is 2.83. The minimum atomic E-state index is -1.58. The van der Waals surface area contributed by atoms with E-state index in [1.54, 1.807) is 13.8 Å². The van der Waals surface area contributed by atoms with Gasteiger partial charge < -0.3 is 14.6 Å². The minimum absolute atomic E-state index is 0.465. The molecule has 4 heteroatoms. The van der Waals surface area contributed by atoms with Crippen LogP contribution in [0.4, 0.5) is 0 Å². The molecule has 2 atom stereocenters. The zero-order valence-corrected chi connectivity index (χ0v) is 9.66. The largest absolute Gasteiger partial charge is 0.423 e. The molecule has 1 heterocycles. The Hall–Kier alpha value is -0.870. The molecular weight excluding hydrogens is 196 g/mol. The van der Waals surface area contributed by atoms with Gasteiger partial charge in [-0.15, -0.1) is 0 Å². The SMILES string of the molecule is CCOC(CC)C1(O)OC(=O)C(C)=C1C. The van der Waals surface area contributed by atoms with Gasteiger partial charge in [0.05, 0.1) is 0 Å². The third-order valence-electron chi connectivity index (χ3n) is 2.83. The molecule has 0 saturated carbocycles.